The second-order valence-electron chi connectivity index (χ2n) is 6.43. The highest BCUT2D eigenvalue weighted by Gasteiger charge is 2.23. The Morgan fingerprint density at radius 1 is 1.03 bits per heavy atom. The first kappa shape index (κ1) is 21.1. The van der Waals surface area contributed by atoms with E-state index >= 15 is 0 Å². The molecule has 9 heteroatoms. The Morgan fingerprint density at radius 3 is 2.47 bits per heavy atom. The van der Waals surface area contributed by atoms with Gasteiger partial charge in [-0.05, 0) is 55.0 Å². The number of amides is 1. The number of carbonyl (C=O) groups is 1. The maximum atomic E-state index is 14.3. The molecule has 3 rings (SSSR count). The Kier molecular flexibility index (Phi) is 5.93. The van der Waals surface area contributed by atoms with Crippen LogP contribution in [0.1, 0.15) is 15.9 Å². The molecule has 0 saturated heterocycles. The van der Waals surface area contributed by atoms with E-state index in [1.165, 1.54) is 25.3 Å². The third-order valence-electron chi connectivity index (χ3n) is 4.24. The van der Waals surface area contributed by atoms with Crippen molar-refractivity contribution in [1.29, 1.82) is 0 Å². The van der Waals surface area contributed by atoms with Gasteiger partial charge < -0.3 is 15.2 Å². The number of para-hydroxylation sites is 2. The fourth-order valence-electron chi connectivity index (χ4n) is 2.72. The molecule has 0 aliphatic rings. The maximum absolute atomic E-state index is 14.3. The first-order valence-corrected chi connectivity index (χ1v) is 10.3. The molecule has 30 heavy (non-hydrogen) atoms. The van der Waals surface area contributed by atoms with Crippen LogP contribution in [0.3, 0.4) is 0 Å². The number of carbonyl (C=O) groups excluding carboxylic acids is 1. The number of rotatable bonds is 6. The Bertz CT molecular complexity index is 1210. The van der Waals surface area contributed by atoms with Gasteiger partial charge in [0.25, 0.3) is 15.9 Å². The van der Waals surface area contributed by atoms with E-state index in [1.807, 2.05) is 0 Å². The molecule has 3 N–H and O–H groups in total. The average molecular weight is 430 g/mol. The van der Waals surface area contributed by atoms with Crippen molar-refractivity contribution in [1.82, 2.24) is 0 Å². The largest absolute Gasteiger partial charge is 0.506 e. The van der Waals surface area contributed by atoms with Crippen LogP contribution in [0.2, 0.25) is 0 Å². The van der Waals surface area contributed by atoms with Crippen molar-refractivity contribution in [3.05, 3.63) is 77.6 Å². The molecule has 3 aromatic carbocycles. The van der Waals surface area contributed by atoms with Crippen LogP contribution in [0, 0.1) is 12.7 Å². The lowest BCUT2D eigenvalue weighted by molar-refractivity contribution is 0.102. The Hall–Kier alpha value is -3.59. The summed E-state index contributed by atoms with van der Waals surface area (Å²) in [6, 6.07) is 13.9. The molecular weight excluding hydrogens is 411 g/mol. The van der Waals surface area contributed by atoms with Crippen LogP contribution in [0.5, 0.6) is 11.5 Å². The third kappa shape index (κ3) is 4.52. The lowest BCUT2D eigenvalue weighted by atomic mass is 10.1. The number of ether oxygens (including phenoxy) is 1. The molecular formula is C21H19FN2O5S. The molecule has 0 aromatic heterocycles. The monoisotopic (exact) mass is 430 g/mol. The number of nitrogens with one attached hydrogen (secondary N) is 2. The number of sulfonamides is 1. The van der Waals surface area contributed by atoms with Crippen LogP contribution in [0.15, 0.2) is 65.6 Å². The highest BCUT2D eigenvalue weighted by molar-refractivity contribution is 7.92. The number of methoxy groups -OCH3 is 1. The van der Waals surface area contributed by atoms with Crippen LogP contribution < -0.4 is 14.8 Å². The Morgan fingerprint density at radius 2 is 1.77 bits per heavy atom. The van der Waals surface area contributed by atoms with Crippen molar-refractivity contribution >= 4 is 27.3 Å². The summed E-state index contributed by atoms with van der Waals surface area (Å²) >= 11 is 0. The zero-order valence-corrected chi connectivity index (χ0v) is 17.0. The molecule has 0 unspecified atom stereocenters. The highest BCUT2D eigenvalue weighted by Crippen LogP contribution is 2.28. The normalized spacial score (nSPS) is 11.0. The first-order chi connectivity index (χ1) is 14.2. The van der Waals surface area contributed by atoms with E-state index in [2.05, 4.69) is 10.0 Å². The van der Waals surface area contributed by atoms with Crippen molar-refractivity contribution in [2.24, 2.45) is 0 Å². The molecule has 0 spiro atoms. The van der Waals surface area contributed by atoms with Gasteiger partial charge in [0.05, 0.1) is 18.5 Å². The molecule has 0 aliphatic carbocycles. The van der Waals surface area contributed by atoms with Gasteiger partial charge in [0.2, 0.25) is 0 Å². The summed E-state index contributed by atoms with van der Waals surface area (Å²) in [5.74, 6) is -1.61. The zero-order chi connectivity index (χ0) is 21.9. The molecule has 156 valence electrons. The first-order valence-electron chi connectivity index (χ1n) is 8.77. The number of aromatic hydroxyl groups is 1. The van der Waals surface area contributed by atoms with Gasteiger partial charge in [-0.3, -0.25) is 9.52 Å². The molecule has 1 amide bonds. The molecule has 7 nitrogen and oxygen atoms in total. The molecule has 3 aromatic rings. The van der Waals surface area contributed by atoms with Crippen LogP contribution in [-0.2, 0) is 10.0 Å². The van der Waals surface area contributed by atoms with E-state index in [0.29, 0.717) is 0 Å². The average Bonchev–Trinajstić information content (AvgIpc) is 2.70. The SMILES string of the molecule is COc1ccccc1NS(=O)(=O)c1cc(C(=O)Nc2ccc(C)cc2O)ccc1F. The summed E-state index contributed by atoms with van der Waals surface area (Å²) < 4.78 is 47.2. The predicted molar refractivity (Wildman–Crippen MR) is 111 cm³/mol. The van der Waals surface area contributed by atoms with Gasteiger partial charge >= 0.3 is 0 Å². The van der Waals surface area contributed by atoms with Gasteiger partial charge in [-0.15, -0.1) is 0 Å². The van der Waals surface area contributed by atoms with Gasteiger partial charge in [0.1, 0.15) is 22.2 Å². The molecule has 0 heterocycles. The number of phenolic OH excluding ortho intramolecular Hbond substituents is 1. The van der Waals surface area contributed by atoms with E-state index in [9.17, 15) is 22.7 Å². The minimum atomic E-state index is -4.35. The molecule has 0 bridgehead atoms. The Labute approximate surface area is 173 Å². The van der Waals surface area contributed by atoms with Crippen LogP contribution in [0.25, 0.3) is 0 Å². The van der Waals surface area contributed by atoms with Gasteiger partial charge in [-0.1, -0.05) is 18.2 Å². The van der Waals surface area contributed by atoms with Crippen molar-refractivity contribution in [3.63, 3.8) is 0 Å². The van der Waals surface area contributed by atoms with Crippen LogP contribution in [-0.4, -0.2) is 26.5 Å². The summed E-state index contributed by atoms with van der Waals surface area (Å²) in [5, 5.41) is 12.4. The predicted octanol–water partition coefficient (Wildman–Crippen LogP) is 3.90. The highest BCUT2D eigenvalue weighted by atomic mass is 32.2. The molecule has 0 radical (unpaired) electrons. The fourth-order valence-corrected chi connectivity index (χ4v) is 3.90. The summed E-state index contributed by atoms with van der Waals surface area (Å²) in [6.45, 7) is 1.77. The number of aryl methyl sites for hydroxylation is 1. The fraction of sp³-hybridized carbons (Fsp3) is 0.0952. The van der Waals surface area contributed by atoms with E-state index in [4.69, 9.17) is 4.74 Å². The number of hydrogen-bond acceptors (Lipinski definition) is 5. The quantitative estimate of drug-likeness (QED) is 0.515. The minimum Gasteiger partial charge on any atom is -0.506 e. The van der Waals surface area contributed by atoms with Gasteiger partial charge in [-0.25, -0.2) is 12.8 Å². The second kappa shape index (κ2) is 8.42. The van der Waals surface area contributed by atoms with Crippen LogP contribution in [0.4, 0.5) is 15.8 Å². The summed E-state index contributed by atoms with van der Waals surface area (Å²) in [6.07, 6.45) is 0. The number of benzene rings is 3. The topological polar surface area (TPSA) is 105 Å². The number of halogens is 1. The third-order valence-corrected chi connectivity index (χ3v) is 5.62. The lowest BCUT2D eigenvalue weighted by Crippen LogP contribution is -2.18. The molecule has 0 atom stereocenters. The second-order valence-corrected chi connectivity index (χ2v) is 8.08. The van der Waals surface area contributed by atoms with Gasteiger partial charge in [-0.2, -0.15) is 0 Å². The van der Waals surface area contributed by atoms with Crippen molar-refractivity contribution in [2.45, 2.75) is 11.8 Å². The summed E-state index contributed by atoms with van der Waals surface area (Å²) in [4.78, 5) is 11.8. The van der Waals surface area contributed by atoms with E-state index in [1.54, 1.807) is 31.2 Å². The van der Waals surface area contributed by atoms with Crippen LogP contribution >= 0.6 is 0 Å². The number of hydrogen-bond donors (Lipinski definition) is 3. The van der Waals surface area contributed by atoms with Crippen molar-refractivity contribution in [3.8, 4) is 11.5 Å². The van der Waals surface area contributed by atoms with Crippen molar-refractivity contribution in [2.75, 3.05) is 17.1 Å². The number of phenols is 1. The Balaban J connectivity index is 1.91. The lowest BCUT2D eigenvalue weighted by Gasteiger charge is -2.13. The number of anilines is 2. The van der Waals surface area contributed by atoms with Gasteiger partial charge in [0.15, 0.2) is 0 Å². The van der Waals surface area contributed by atoms with E-state index in [0.717, 1.165) is 23.8 Å². The summed E-state index contributed by atoms with van der Waals surface area (Å²) in [7, 11) is -2.98. The van der Waals surface area contributed by atoms with Crippen molar-refractivity contribution < 1.29 is 27.4 Å². The summed E-state index contributed by atoms with van der Waals surface area (Å²) in [5.41, 5.74) is 0.963. The molecule has 0 saturated carbocycles. The van der Waals surface area contributed by atoms with E-state index in [-0.39, 0.29) is 28.4 Å². The molecule has 0 fully saturated rings. The standard InChI is InChI=1S/C21H19FN2O5S/c1-13-7-10-16(18(25)11-13)23-21(26)14-8-9-15(22)20(12-14)30(27,28)24-17-5-3-4-6-19(17)29-2/h3-12,24-25H,1-2H3,(H,23,26). The zero-order valence-electron chi connectivity index (χ0n) is 16.1. The maximum Gasteiger partial charge on any atom is 0.264 e. The molecule has 0 aliphatic heterocycles. The smallest absolute Gasteiger partial charge is 0.264 e. The van der Waals surface area contributed by atoms with Gasteiger partial charge in [0, 0.05) is 5.56 Å². The van der Waals surface area contributed by atoms with E-state index < -0.39 is 26.6 Å². The minimum absolute atomic E-state index is 0.100.